The van der Waals surface area contributed by atoms with Gasteiger partial charge in [0, 0.05) is 24.7 Å². The van der Waals surface area contributed by atoms with E-state index in [-0.39, 0.29) is 17.9 Å². The van der Waals surface area contributed by atoms with Gasteiger partial charge in [-0.15, -0.1) is 0 Å². The molecule has 0 fully saturated rings. The zero-order valence-corrected chi connectivity index (χ0v) is 14.5. The van der Waals surface area contributed by atoms with Crippen LogP contribution in [0.4, 0.5) is 0 Å². The molecule has 0 aliphatic rings. The number of nitrogens with one attached hydrogen (secondary N) is 2. The molecule has 2 aromatic heterocycles. The van der Waals surface area contributed by atoms with E-state index in [0.29, 0.717) is 18.1 Å². The Hall–Kier alpha value is -3.02. The Bertz CT molecular complexity index is 783. The number of rotatable bonds is 7. The van der Waals surface area contributed by atoms with Crippen molar-refractivity contribution in [1.29, 1.82) is 0 Å². The van der Waals surface area contributed by atoms with Crippen LogP contribution in [0.15, 0.2) is 45.3 Å². The predicted molar refractivity (Wildman–Crippen MR) is 95.6 cm³/mol. The first-order valence-electron chi connectivity index (χ1n) is 8.00. The molecule has 2 N–H and O–H groups in total. The van der Waals surface area contributed by atoms with Crippen molar-refractivity contribution in [2.45, 2.75) is 26.8 Å². The molecule has 0 saturated carbocycles. The van der Waals surface area contributed by atoms with E-state index in [0.717, 1.165) is 11.5 Å². The van der Waals surface area contributed by atoms with Crippen molar-refractivity contribution in [3.63, 3.8) is 0 Å². The highest BCUT2D eigenvalue weighted by Gasteiger charge is 2.06. The summed E-state index contributed by atoms with van der Waals surface area (Å²) in [6.07, 6.45) is 5.99. The van der Waals surface area contributed by atoms with Gasteiger partial charge in [-0.1, -0.05) is 0 Å². The highest BCUT2D eigenvalue weighted by Crippen LogP contribution is 2.08. The third kappa shape index (κ3) is 6.55. The molecular formula is C19H22N2O4. The highest BCUT2D eigenvalue weighted by molar-refractivity contribution is 5.92. The molecule has 132 valence electrons. The van der Waals surface area contributed by atoms with E-state index in [9.17, 15) is 9.59 Å². The molecule has 6 heteroatoms. The van der Waals surface area contributed by atoms with E-state index in [2.05, 4.69) is 10.6 Å². The van der Waals surface area contributed by atoms with Gasteiger partial charge in [0.1, 0.15) is 23.0 Å². The fraction of sp³-hybridized carbons (Fsp3) is 0.263. The van der Waals surface area contributed by atoms with Crippen LogP contribution >= 0.6 is 0 Å². The lowest BCUT2D eigenvalue weighted by Gasteiger charge is -2.12. The minimum Gasteiger partial charge on any atom is -0.462 e. The zero-order valence-electron chi connectivity index (χ0n) is 14.5. The minimum absolute atomic E-state index is 0.210. The summed E-state index contributed by atoms with van der Waals surface area (Å²) in [5, 5.41) is 5.48. The number of amides is 2. The molecule has 0 aliphatic carbocycles. The normalized spacial score (nSPS) is 12.6. The summed E-state index contributed by atoms with van der Waals surface area (Å²) in [7, 11) is 0. The van der Waals surface area contributed by atoms with Crippen molar-refractivity contribution in [2.75, 3.05) is 6.54 Å². The first kappa shape index (κ1) is 18.3. The lowest BCUT2D eigenvalue weighted by molar-refractivity contribution is -0.118. The maximum absolute atomic E-state index is 11.8. The average Bonchev–Trinajstić information content (AvgIpc) is 3.17. The van der Waals surface area contributed by atoms with Gasteiger partial charge in [-0.3, -0.25) is 9.59 Å². The van der Waals surface area contributed by atoms with E-state index in [1.54, 1.807) is 24.3 Å². The first-order chi connectivity index (χ1) is 11.9. The van der Waals surface area contributed by atoms with Crippen LogP contribution in [0.2, 0.25) is 0 Å². The van der Waals surface area contributed by atoms with Crippen LogP contribution in [0, 0.1) is 13.8 Å². The lowest BCUT2D eigenvalue weighted by atomic mass is 10.3. The molecule has 2 aromatic rings. The highest BCUT2D eigenvalue weighted by atomic mass is 16.3. The van der Waals surface area contributed by atoms with Crippen molar-refractivity contribution >= 4 is 24.0 Å². The fourth-order valence-corrected chi connectivity index (χ4v) is 2.06. The molecular weight excluding hydrogens is 320 g/mol. The predicted octanol–water partition coefficient (Wildman–Crippen LogP) is 2.84. The van der Waals surface area contributed by atoms with Gasteiger partial charge in [-0.05, 0) is 57.2 Å². The maximum atomic E-state index is 11.8. The summed E-state index contributed by atoms with van der Waals surface area (Å²) < 4.78 is 10.7. The summed E-state index contributed by atoms with van der Waals surface area (Å²) in [4.78, 5) is 23.6. The molecule has 0 radical (unpaired) electrons. The Labute approximate surface area is 146 Å². The Morgan fingerprint density at radius 2 is 1.48 bits per heavy atom. The van der Waals surface area contributed by atoms with Gasteiger partial charge in [0.2, 0.25) is 11.8 Å². The van der Waals surface area contributed by atoms with Gasteiger partial charge in [0.15, 0.2) is 0 Å². The minimum atomic E-state index is -0.253. The van der Waals surface area contributed by atoms with Gasteiger partial charge in [0.25, 0.3) is 0 Å². The van der Waals surface area contributed by atoms with Crippen molar-refractivity contribution in [3.8, 4) is 0 Å². The third-order valence-corrected chi connectivity index (χ3v) is 3.29. The third-order valence-electron chi connectivity index (χ3n) is 3.29. The number of furan rings is 2. The SMILES string of the molecule is Cc1ccc(C=CC(=O)NCC(C)NC(=O)C=Cc2ccc(C)o2)o1. The average molecular weight is 342 g/mol. The van der Waals surface area contributed by atoms with Crippen LogP contribution in [-0.2, 0) is 9.59 Å². The molecule has 0 aliphatic heterocycles. The summed E-state index contributed by atoms with van der Waals surface area (Å²) >= 11 is 0. The molecule has 1 atom stereocenters. The zero-order chi connectivity index (χ0) is 18.2. The van der Waals surface area contributed by atoms with Crippen LogP contribution in [0.3, 0.4) is 0 Å². The number of hydrogen-bond acceptors (Lipinski definition) is 4. The molecule has 0 bridgehead atoms. The van der Waals surface area contributed by atoms with Crippen LogP contribution in [0.5, 0.6) is 0 Å². The number of carbonyl (C=O) groups is 2. The van der Waals surface area contributed by atoms with Crippen molar-refractivity contribution in [2.24, 2.45) is 0 Å². The Morgan fingerprint density at radius 3 is 1.96 bits per heavy atom. The Kier molecular flexibility index (Phi) is 6.39. The van der Waals surface area contributed by atoms with Gasteiger partial charge in [0.05, 0.1) is 0 Å². The Balaban J connectivity index is 1.71. The second kappa shape index (κ2) is 8.73. The van der Waals surface area contributed by atoms with Crippen LogP contribution < -0.4 is 10.6 Å². The summed E-state index contributed by atoms with van der Waals surface area (Å²) in [6.45, 7) is 5.80. The Morgan fingerprint density at radius 1 is 0.960 bits per heavy atom. The fourth-order valence-electron chi connectivity index (χ4n) is 2.06. The summed E-state index contributed by atoms with van der Waals surface area (Å²) in [5.74, 6) is 2.30. The van der Waals surface area contributed by atoms with E-state index in [1.807, 2.05) is 32.9 Å². The molecule has 6 nitrogen and oxygen atoms in total. The summed E-state index contributed by atoms with van der Waals surface area (Å²) in [5.41, 5.74) is 0. The van der Waals surface area contributed by atoms with E-state index in [4.69, 9.17) is 8.83 Å². The van der Waals surface area contributed by atoms with E-state index >= 15 is 0 Å². The molecule has 0 aromatic carbocycles. The van der Waals surface area contributed by atoms with Gasteiger partial charge in [-0.25, -0.2) is 0 Å². The molecule has 0 spiro atoms. The van der Waals surface area contributed by atoms with Crippen molar-refractivity contribution in [3.05, 3.63) is 59.5 Å². The largest absolute Gasteiger partial charge is 0.462 e. The monoisotopic (exact) mass is 342 g/mol. The smallest absolute Gasteiger partial charge is 0.244 e. The van der Waals surface area contributed by atoms with Crippen molar-refractivity contribution in [1.82, 2.24) is 10.6 Å². The molecule has 0 saturated heterocycles. The molecule has 2 heterocycles. The first-order valence-corrected chi connectivity index (χ1v) is 8.00. The molecule has 2 rings (SSSR count). The van der Waals surface area contributed by atoms with Crippen LogP contribution in [0.25, 0.3) is 12.2 Å². The number of aryl methyl sites for hydroxylation is 2. The second-order valence-corrected chi connectivity index (χ2v) is 5.72. The maximum Gasteiger partial charge on any atom is 0.244 e. The van der Waals surface area contributed by atoms with Gasteiger partial charge in [-0.2, -0.15) is 0 Å². The molecule has 1 unspecified atom stereocenters. The van der Waals surface area contributed by atoms with E-state index in [1.165, 1.54) is 12.2 Å². The molecule has 25 heavy (non-hydrogen) atoms. The number of carbonyl (C=O) groups excluding carboxylic acids is 2. The van der Waals surface area contributed by atoms with Crippen LogP contribution in [-0.4, -0.2) is 24.4 Å². The van der Waals surface area contributed by atoms with E-state index < -0.39 is 0 Å². The van der Waals surface area contributed by atoms with Crippen LogP contribution in [0.1, 0.15) is 30.0 Å². The van der Waals surface area contributed by atoms with Gasteiger partial charge < -0.3 is 19.5 Å². The topological polar surface area (TPSA) is 84.5 Å². The quantitative estimate of drug-likeness (QED) is 0.758. The van der Waals surface area contributed by atoms with Crippen molar-refractivity contribution < 1.29 is 18.4 Å². The number of hydrogen-bond donors (Lipinski definition) is 2. The van der Waals surface area contributed by atoms with Gasteiger partial charge >= 0.3 is 0 Å². The summed E-state index contributed by atoms with van der Waals surface area (Å²) in [6, 6.07) is 7.02. The second-order valence-electron chi connectivity index (χ2n) is 5.72. The molecule has 2 amide bonds. The standard InChI is InChI=1S/C19H22N2O4/c1-13(21-19(23)11-9-17-7-5-15(3)25-17)12-20-18(22)10-8-16-6-4-14(2)24-16/h4-11,13H,12H2,1-3H3,(H,20,22)(H,21,23). The lowest BCUT2D eigenvalue weighted by Crippen LogP contribution is -2.40.